The smallest absolute Gasteiger partial charge is 0.320 e. The first-order valence-electron chi connectivity index (χ1n) is 9.66. The normalized spacial score (nSPS) is 17.5. The number of ether oxygens (including phenoxy) is 2. The van der Waals surface area contributed by atoms with Crippen LogP contribution >= 0.6 is 0 Å². The largest absolute Gasteiger partial charge is 0.468 e. The number of nitrogens with zero attached hydrogens (tertiary/aromatic N) is 4. The highest BCUT2D eigenvalue weighted by Gasteiger charge is 2.18. The lowest BCUT2D eigenvalue weighted by Gasteiger charge is -2.23. The topological polar surface area (TPSA) is 100 Å². The summed E-state index contributed by atoms with van der Waals surface area (Å²) in [6.07, 6.45) is 8.02. The van der Waals surface area contributed by atoms with Crippen LogP contribution in [0, 0.1) is 0 Å². The Labute approximate surface area is 154 Å². The number of piperidine rings is 1. The number of aryl methyl sites for hydroxylation is 1. The van der Waals surface area contributed by atoms with Gasteiger partial charge in [0.2, 0.25) is 0 Å². The molecule has 0 spiro atoms. The van der Waals surface area contributed by atoms with E-state index < -0.39 is 0 Å². The van der Waals surface area contributed by atoms with Gasteiger partial charge in [-0.25, -0.2) is 0 Å². The second kappa shape index (κ2) is 9.02. The molecule has 2 aromatic rings. The summed E-state index contributed by atoms with van der Waals surface area (Å²) in [5.41, 5.74) is 7.32. The van der Waals surface area contributed by atoms with E-state index in [4.69, 9.17) is 15.2 Å². The number of anilines is 1. The van der Waals surface area contributed by atoms with E-state index >= 15 is 0 Å². The predicted octanol–water partition coefficient (Wildman–Crippen LogP) is 2.52. The molecule has 0 unspecified atom stereocenters. The maximum absolute atomic E-state index is 6.07. The summed E-state index contributed by atoms with van der Waals surface area (Å²) in [5.74, 6) is 0.326. The lowest BCUT2D eigenvalue weighted by atomic mass is 10.0. The van der Waals surface area contributed by atoms with Gasteiger partial charge in [0.05, 0.1) is 13.7 Å². The van der Waals surface area contributed by atoms with Crippen LogP contribution < -0.4 is 20.5 Å². The van der Waals surface area contributed by atoms with Gasteiger partial charge in [-0.2, -0.15) is 15.0 Å². The third kappa shape index (κ3) is 4.35. The average molecular weight is 362 g/mol. The summed E-state index contributed by atoms with van der Waals surface area (Å²) in [6.45, 7) is 4.61. The van der Waals surface area contributed by atoms with E-state index in [1.54, 1.807) is 7.11 Å². The predicted molar refractivity (Wildman–Crippen MR) is 102 cm³/mol. The van der Waals surface area contributed by atoms with Gasteiger partial charge in [-0.15, -0.1) is 0 Å². The van der Waals surface area contributed by atoms with Crippen LogP contribution in [-0.2, 0) is 6.54 Å². The minimum Gasteiger partial charge on any atom is -0.468 e. The fourth-order valence-corrected chi connectivity index (χ4v) is 3.38. The fourth-order valence-electron chi connectivity index (χ4n) is 3.38. The van der Waals surface area contributed by atoms with E-state index in [1.807, 2.05) is 4.57 Å². The molecule has 1 fully saturated rings. The lowest BCUT2D eigenvalue weighted by molar-refractivity contribution is 0.286. The monoisotopic (exact) mass is 362 g/mol. The standard InChI is InChI=1S/C18H30N6O2/c1-3-4-12-26-17-22-15(19)14-16(23-17)24(18(21-14)25-2)11-7-9-13-8-5-6-10-20-13/h13,20H,3-12H2,1-2H3,(H2,19,22,23)/t13-/m1/s1. The van der Waals surface area contributed by atoms with Gasteiger partial charge in [0.15, 0.2) is 17.0 Å². The van der Waals surface area contributed by atoms with E-state index in [-0.39, 0.29) is 0 Å². The molecule has 0 amide bonds. The molecule has 0 radical (unpaired) electrons. The summed E-state index contributed by atoms with van der Waals surface area (Å²) in [7, 11) is 1.61. The zero-order valence-corrected chi connectivity index (χ0v) is 15.8. The Bertz CT molecular complexity index is 711. The summed E-state index contributed by atoms with van der Waals surface area (Å²) in [5, 5.41) is 3.59. The Morgan fingerprint density at radius 2 is 2.12 bits per heavy atom. The summed E-state index contributed by atoms with van der Waals surface area (Å²) in [6, 6.07) is 1.43. The van der Waals surface area contributed by atoms with Crippen LogP contribution in [0.15, 0.2) is 0 Å². The van der Waals surface area contributed by atoms with E-state index in [2.05, 4.69) is 27.2 Å². The van der Waals surface area contributed by atoms with Gasteiger partial charge in [0.1, 0.15) is 0 Å². The minimum atomic E-state index is 0.307. The number of methoxy groups -OCH3 is 1. The van der Waals surface area contributed by atoms with Crippen molar-refractivity contribution in [3.63, 3.8) is 0 Å². The van der Waals surface area contributed by atoms with Gasteiger partial charge in [-0.05, 0) is 38.6 Å². The fraction of sp³-hybridized carbons (Fsp3) is 0.722. The molecule has 1 aliphatic rings. The molecule has 26 heavy (non-hydrogen) atoms. The molecule has 1 atom stereocenters. The molecule has 8 nitrogen and oxygen atoms in total. The second-order valence-corrected chi connectivity index (χ2v) is 6.80. The first-order valence-corrected chi connectivity index (χ1v) is 9.66. The van der Waals surface area contributed by atoms with Gasteiger partial charge >= 0.3 is 6.01 Å². The van der Waals surface area contributed by atoms with Crippen LogP contribution in [0.2, 0.25) is 0 Å². The SMILES string of the molecule is CCCCOc1nc(N)c2nc(OC)n(CCC[C@H]3CCCCN3)c2n1. The summed E-state index contributed by atoms with van der Waals surface area (Å²) >= 11 is 0. The molecule has 1 saturated heterocycles. The van der Waals surface area contributed by atoms with Crippen LogP contribution in [0.3, 0.4) is 0 Å². The molecule has 1 aliphatic heterocycles. The number of rotatable bonds is 9. The first kappa shape index (κ1) is 18.7. The molecule has 8 heteroatoms. The Kier molecular flexibility index (Phi) is 6.49. The number of imidazole rings is 1. The van der Waals surface area contributed by atoms with Crippen LogP contribution in [0.5, 0.6) is 12.0 Å². The van der Waals surface area contributed by atoms with E-state index in [1.165, 1.54) is 19.3 Å². The number of hydrogen-bond donors (Lipinski definition) is 2. The van der Waals surface area contributed by atoms with Crippen molar-refractivity contribution in [3.05, 3.63) is 0 Å². The molecule has 2 aromatic heterocycles. The molecule has 3 N–H and O–H groups in total. The quantitative estimate of drug-likeness (QED) is 0.661. The Balaban J connectivity index is 1.75. The average Bonchev–Trinajstić information content (AvgIpc) is 3.01. The van der Waals surface area contributed by atoms with Crippen molar-refractivity contribution in [2.75, 3.05) is 26.0 Å². The first-order chi connectivity index (χ1) is 12.7. The number of fused-ring (bicyclic) bond motifs is 1. The van der Waals surface area contributed by atoms with Gasteiger partial charge in [-0.3, -0.25) is 4.57 Å². The van der Waals surface area contributed by atoms with Crippen molar-refractivity contribution >= 4 is 17.0 Å². The third-order valence-corrected chi connectivity index (χ3v) is 4.82. The van der Waals surface area contributed by atoms with Crippen LogP contribution in [0.1, 0.15) is 51.9 Å². The van der Waals surface area contributed by atoms with Gasteiger partial charge in [0, 0.05) is 12.6 Å². The molecule has 0 bridgehead atoms. The van der Waals surface area contributed by atoms with Gasteiger partial charge in [0.25, 0.3) is 6.01 Å². The summed E-state index contributed by atoms with van der Waals surface area (Å²) in [4.78, 5) is 13.2. The Morgan fingerprint density at radius 3 is 2.85 bits per heavy atom. The molecular formula is C18H30N6O2. The molecule has 3 rings (SSSR count). The molecular weight excluding hydrogens is 332 g/mol. The molecule has 0 aromatic carbocycles. The maximum Gasteiger partial charge on any atom is 0.320 e. The molecule has 0 saturated carbocycles. The highest BCUT2D eigenvalue weighted by atomic mass is 16.5. The van der Waals surface area contributed by atoms with E-state index in [0.29, 0.717) is 41.7 Å². The zero-order chi connectivity index (χ0) is 18.4. The highest BCUT2D eigenvalue weighted by molar-refractivity contribution is 5.83. The van der Waals surface area contributed by atoms with Crippen molar-refractivity contribution in [1.29, 1.82) is 0 Å². The summed E-state index contributed by atoms with van der Waals surface area (Å²) < 4.78 is 13.1. The highest BCUT2D eigenvalue weighted by Crippen LogP contribution is 2.26. The number of aromatic nitrogens is 4. The van der Waals surface area contributed by atoms with Gasteiger partial charge < -0.3 is 20.5 Å². The van der Waals surface area contributed by atoms with E-state index in [9.17, 15) is 0 Å². The number of unbranched alkanes of at least 4 members (excludes halogenated alkanes) is 1. The third-order valence-electron chi connectivity index (χ3n) is 4.82. The minimum absolute atomic E-state index is 0.307. The van der Waals surface area contributed by atoms with Crippen molar-refractivity contribution in [2.45, 2.75) is 64.5 Å². The van der Waals surface area contributed by atoms with Crippen molar-refractivity contribution < 1.29 is 9.47 Å². The van der Waals surface area contributed by atoms with Crippen molar-refractivity contribution in [1.82, 2.24) is 24.8 Å². The van der Waals surface area contributed by atoms with E-state index in [0.717, 1.165) is 38.8 Å². The van der Waals surface area contributed by atoms with Gasteiger partial charge in [-0.1, -0.05) is 19.8 Å². The number of nitrogens with two attached hydrogens (primary N) is 1. The lowest BCUT2D eigenvalue weighted by Crippen LogP contribution is -2.33. The number of nitrogens with one attached hydrogen (secondary N) is 1. The number of hydrogen-bond acceptors (Lipinski definition) is 7. The van der Waals surface area contributed by atoms with Crippen LogP contribution in [0.4, 0.5) is 5.82 Å². The Hall–Kier alpha value is -2.09. The maximum atomic E-state index is 6.07. The van der Waals surface area contributed by atoms with Crippen LogP contribution in [0.25, 0.3) is 11.2 Å². The Morgan fingerprint density at radius 1 is 1.23 bits per heavy atom. The molecule has 0 aliphatic carbocycles. The zero-order valence-electron chi connectivity index (χ0n) is 15.8. The van der Waals surface area contributed by atoms with Crippen molar-refractivity contribution in [3.8, 4) is 12.0 Å². The number of nitrogen functional groups attached to an aromatic ring is 1. The molecule has 3 heterocycles. The van der Waals surface area contributed by atoms with Crippen molar-refractivity contribution in [2.24, 2.45) is 0 Å². The second-order valence-electron chi connectivity index (χ2n) is 6.80. The van der Waals surface area contributed by atoms with Crippen LogP contribution in [-0.4, -0.2) is 45.8 Å². The molecule has 144 valence electrons.